The molecule has 3 heterocycles. The van der Waals surface area contributed by atoms with Crippen molar-refractivity contribution < 1.29 is 24.5 Å². The molecular weight excluding hydrogens is 428 g/mol. The lowest BCUT2D eigenvalue weighted by Crippen LogP contribution is -2.48. The number of anilines is 1. The summed E-state index contributed by atoms with van der Waals surface area (Å²) in [6.07, 6.45) is 0.935. The summed E-state index contributed by atoms with van der Waals surface area (Å²) in [4.78, 5) is 27.3. The fourth-order valence-electron chi connectivity index (χ4n) is 3.97. The van der Waals surface area contributed by atoms with Crippen LogP contribution in [0.3, 0.4) is 0 Å². The van der Waals surface area contributed by atoms with E-state index in [1.807, 2.05) is 43.3 Å². The zero-order valence-corrected chi connectivity index (χ0v) is 18.8. The highest BCUT2D eigenvalue weighted by Crippen LogP contribution is 2.32. The predicted molar refractivity (Wildman–Crippen MR) is 120 cm³/mol. The summed E-state index contributed by atoms with van der Waals surface area (Å²) in [7, 11) is 5.30. The van der Waals surface area contributed by atoms with Crippen molar-refractivity contribution in [3.63, 3.8) is 0 Å². The second kappa shape index (κ2) is 9.69. The number of amides is 1. The molecule has 1 aliphatic heterocycles. The summed E-state index contributed by atoms with van der Waals surface area (Å²) in [6, 6.07) is 6.71. The number of nitrogens with zero attached hydrogens (tertiary/aromatic N) is 5. The van der Waals surface area contributed by atoms with Gasteiger partial charge in [-0.25, -0.2) is 15.0 Å². The Morgan fingerprint density at radius 3 is 2.67 bits per heavy atom. The van der Waals surface area contributed by atoms with Gasteiger partial charge in [0.2, 0.25) is 5.91 Å². The molecule has 3 aromatic rings. The number of aromatic nitrogens is 4. The Morgan fingerprint density at radius 2 is 2.00 bits per heavy atom. The van der Waals surface area contributed by atoms with Crippen molar-refractivity contribution in [2.75, 3.05) is 32.7 Å². The van der Waals surface area contributed by atoms with Crippen LogP contribution in [0, 0.1) is 0 Å². The SMILES string of the molecule is COc1ccc(CCC(=O)NC2C(CO)OC(n3cnc4c(N(C)C)ncnc43)C2O)cc1. The van der Waals surface area contributed by atoms with E-state index in [4.69, 9.17) is 9.47 Å². The molecule has 11 nitrogen and oxygen atoms in total. The summed E-state index contributed by atoms with van der Waals surface area (Å²) in [6.45, 7) is -0.360. The number of hydrogen-bond acceptors (Lipinski definition) is 9. The summed E-state index contributed by atoms with van der Waals surface area (Å²) in [5.74, 6) is 1.14. The van der Waals surface area contributed by atoms with Crippen LogP contribution in [0.4, 0.5) is 5.82 Å². The number of aryl methyl sites for hydroxylation is 1. The number of nitrogens with one attached hydrogen (secondary N) is 1. The average Bonchev–Trinajstić information content (AvgIpc) is 3.38. The highest BCUT2D eigenvalue weighted by Gasteiger charge is 2.45. The average molecular weight is 457 g/mol. The number of aliphatic hydroxyl groups is 2. The molecule has 1 amide bonds. The molecule has 2 aromatic heterocycles. The molecule has 1 aromatic carbocycles. The number of benzene rings is 1. The van der Waals surface area contributed by atoms with Crippen LogP contribution in [-0.2, 0) is 16.0 Å². The van der Waals surface area contributed by atoms with Gasteiger partial charge in [-0.3, -0.25) is 9.36 Å². The van der Waals surface area contributed by atoms with Crippen LogP contribution in [0.2, 0.25) is 0 Å². The Labute approximate surface area is 191 Å². The molecule has 33 heavy (non-hydrogen) atoms. The smallest absolute Gasteiger partial charge is 0.220 e. The van der Waals surface area contributed by atoms with E-state index < -0.39 is 24.5 Å². The maximum absolute atomic E-state index is 12.6. The number of ether oxygens (including phenoxy) is 2. The van der Waals surface area contributed by atoms with Gasteiger partial charge in [0, 0.05) is 20.5 Å². The lowest BCUT2D eigenvalue weighted by atomic mass is 10.1. The first-order valence-electron chi connectivity index (χ1n) is 10.6. The molecule has 0 spiro atoms. The Kier molecular flexibility index (Phi) is 6.72. The number of rotatable bonds is 8. The molecule has 0 aliphatic carbocycles. The first kappa shape index (κ1) is 22.9. The van der Waals surface area contributed by atoms with E-state index >= 15 is 0 Å². The minimum Gasteiger partial charge on any atom is -0.497 e. The zero-order chi connectivity index (χ0) is 23.5. The normalized spacial score (nSPS) is 22.5. The van der Waals surface area contributed by atoms with Crippen molar-refractivity contribution in [3.8, 4) is 5.75 Å². The molecule has 1 fully saturated rings. The lowest BCUT2D eigenvalue weighted by molar-refractivity contribution is -0.122. The van der Waals surface area contributed by atoms with E-state index in [1.165, 1.54) is 12.7 Å². The van der Waals surface area contributed by atoms with E-state index in [-0.39, 0.29) is 18.9 Å². The molecule has 0 radical (unpaired) electrons. The van der Waals surface area contributed by atoms with Crippen molar-refractivity contribution in [3.05, 3.63) is 42.5 Å². The number of fused-ring (bicyclic) bond motifs is 1. The van der Waals surface area contributed by atoms with E-state index in [1.54, 1.807) is 11.7 Å². The Morgan fingerprint density at radius 1 is 1.24 bits per heavy atom. The van der Waals surface area contributed by atoms with Crippen molar-refractivity contribution in [2.45, 2.75) is 37.3 Å². The van der Waals surface area contributed by atoms with Crippen molar-refractivity contribution in [2.24, 2.45) is 0 Å². The van der Waals surface area contributed by atoms with E-state index in [9.17, 15) is 15.0 Å². The fraction of sp³-hybridized carbons (Fsp3) is 0.455. The van der Waals surface area contributed by atoms with Crippen LogP contribution in [0.25, 0.3) is 11.2 Å². The van der Waals surface area contributed by atoms with Gasteiger partial charge in [-0.05, 0) is 24.1 Å². The molecule has 4 rings (SSSR count). The van der Waals surface area contributed by atoms with Crippen molar-refractivity contribution in [1.82, 2.24) is 24.8 Å². The third-order valence-electron chi connectivity index (χ3n) is 5.72. The molecule has 0 saturated carbocycles. The quantitative estimate of drug-likeness (QED) is 0.436. The highest BCUT2D eigenvalue weighted by molar-refractivity contribution is 5.83. The van der Waals surface area contributed by atoms with Gasteiger partial charge in [-0.15, -0.1) is 0 Å². The minimum absolute atomic E-state index is 0.228. The standard InChI is InChI=1S/C22H28N6O5/c1-27(2)20-18-21(24-11-23-20)28(12-25-18)22-19(31)17(15(10-29)33-22)26-16(30)9-6-13-4-7-14(32-3)8-5-13/h4-5,7-8,11-12,15,17,19,22,29,31H,6,9-10H2,1-3H3,(H,26,30). The maximum Gasteiger partial charge on any atom is 0.220 e. The van der Waals surface area contributed by atoms with Gasteiger partial charge in [0.15, 0.2) is 23.2 Å². The lowest BCUT2D eigenvalue weighted by Gasteiger charge is -2.21. The molecule has 3 N–H and O–H groups in total. The Bertz CT molecular complexity index is 1100. The largest absolute Gasteiger partial charge is 0.497 e. The summed E-state index contributed by atoms with van der Waals surface area (Å²) in [5.41, 5.74) is 2.04. The Hall–Kier alpha value is -3.28. The monoisotopic (exact) mass is 456 g/mol. The van der Waals surface area contributed by atoms with Crippen molar-refractivity contribution >= 4 is 22.9 Å². The van der Waals surface area contributed by atoms with Crippen LogP contribution < -0.4 is 15.0 Å². The summed E-state index contributed by atoms with van der Waals surface area (Å²) < 4.78 is 12.6. The summed E-state index contributed by atoms with van der Waals surface area (Å²) in [5, 5.41) is 23.6. The van der Waals surface area contributed by atoms with Crippen LogP contribution in [0.15, 0.2) is 36.9 Å². The molecule has 0 bridgehead atoms. The molecule has 4 atom stereocenters. The van der Waals surface area contributed by atoms with Crippen LogP contribution >= 0.6 is 0 Å². The first-order chi connectivity index (χ1) is 15.9. The van der Waals surface area contributed by atoms with Gasteiger partial charge in [0.05, 0.1) is 26.1 Å². The first-order valence-corrected chi connectivity index (χ1v) is 10.6. The molecule has 4 unspecified atom stereocenters. The summed E-state index contributed by atoms with van der Waals surface area (Å²) >= 11 is 0. The van der Waals surface area contributed by atoms with Gasteiger partial charge in [-0.1, -0.05) is 12.1 Å². The van der Waals surface area contributed by atoms with Crippen LogP contribution in [0.5, 0.6) is 5.75 Å². The Balaban J connectivity index is 1.46. The van der Waals surface area contributed by atoms with Crippen LogP contribution in [0.1, 0.15) is 18.2 Å². The predicted octanol–water partition coefficient (Wildman–Crippen LogP) is 0.269. The van der Waals surface area contributed by atoms with Gasteiger partial charge < -0.3 is 29.9 Å². The number of aliphatic hydroxyl groups excluding tert-OH is 2. The van der Waals surface area contributed by atoms with E-state index in [0.717, 1.165) is 11.3 Å². The number of carbonyl (C=O) groups is 1. The molecule has 1 saturated heterocycles. The van der Waals surface area contributed by atoms with Gasteiger partial charge >= 0.3 is 0 Å². The van der Waals surface area contributed by atoms with E-state index in [0.29, 0.717) is 23.4 Å². The van der Waals surface area contributed by atoms with Crippen LogP contribution in [-0.4, -0.2) is 81.7 Å². The number of methoxy groups -OCH3 is 1. The molecule has 176 valence electrons. The maximum atomic E-state index is 12.6. The van der Waals surface area contributed by atoms with Crippen molar-refractivity contribution in [1.29, 1.82) is 0 Å². The van der Waals surface area contributed by atoms with Gasteiger partial charge in [0.1, 0.15) is 24.3 Å². The third kappa shape index (κ3) is 4.61. The highest BCUT2D eigenvalue weighted by atomic mass is 16.5. The third-order valence-corrected chi connectivity index (χ3v) is 5.72. The van der Waals surface area contributed by atoms with Gasteiger partial charge in [-0.2, -0.15) is 0 Å². The van der Waals surface area contributed by atoms with E-state index in [2.05, 4.69) is 20.3 Å². The number of imidazole rings is 1. The number of carbonyl (C=O) groups excluding carboxylic acids is 1. The second-order valence-electron chi connectivity index (χ2n) is 8.10. The number of hydrogen-bond donors (Lipinski definition) is 3. The second-order valence-corrected chi connectivity index (χ2v) is 8.10. The van der Waals surface area contributed by atoms with Gasteiger partial charge in [0.25, 0.3) is 0 Å². The molecule has 1 aliphatic rings. The fourth-order valence-corrected chi connectivity index (χ4v) is 3.97. The molecular formula is C22H28N6O5. The zero-order valence-electron chi connectivity index (χ0n) is 18.8. The minimum atomic E-state index is -1.11. The molecule has 11 heteroatoms. The topological polar surface area (TPSA) is 135 Å².